The number of hydrogen-bond donors (Lipinski definition) is 1. The molecule has 1 amide bonds. The molecule has 1 N–H and O–H groups in total. The molecule has 0 spiro atoms. The molecule has 1 fully saturated rings. The highest BCUT2D eigenvalue weighted by atomic mass is 35.5. The van der Waals surface area contributed by atoms with Gasteiger partial charge in [0.2, 0.25) is 5.91 Å². The van der Waals surface area contributed by atoms with E-state index in [0.29, 0.717) is 53.7 Å². The maximum Gasteiger partial charge on any atom is 0.246 e. The van der Waals surface area contributed by atoms with Gasteiger partial charge in [0.25, 0.3) is 0 Å². The fraction of sp³-hybridized carbons (Fsp3) is 0.214. The molecule has 41 heavy (non-hydrogen) atoms. The van der Waals surface area contributed by atoms with Gasteiger partial charge in [-0.3, -0.25) is 4.79 Å². The molecule has 4 aromatic heterocycles. The Kier molecular flexibility index (Phi) is 6.62. The van der Waals surface area contributed by atoms with Crippen molar-refractivity contribution in [2.45, 2.75) is 19.4 Å². The number of fused-ring (bicyclic) bond motifs is 2. The van der Waals surface area contributed by atoms with Gasteiger partial charge in [0, 0.05) is 31.9 Å². The van der Waals surface area contributed by atoms with E-state index in [9.17, 15) is 4.79 Å². The van der Waals surface area contributed by atoms with E-state index in [4.69, 9.17) is 21.3 Å². The van der Waals surface area contributed by atoms with E-state index in [-0.39, 0.29) is 22.4 Å². The fourth-order valence-electron chi connectivity index (χ4n) is 4.89. The highest BCUT2D eigenvalue weighted by molar-refractivity contribution is 6.32. The summed E-state index contributed by atoms with van der Waals surface area (Å²) in [5.41, 5.74) is 1.29. The molecule has 6 rings (SSSR count). The molecule has 208 valence electrons. The van der Waals surface area contributed by atoms with Crippen LogP contribution in [0.3, 0.4) is 0 Å². The minimum Gasteiger partial charge on any atom is -0.455 e. The van der Waals surface area contributed by atoms with Crippen molar-refractivity contribution < 1.29 is 13.9 Å². The van der Waals surface area contributed by atoms with Gasteiger partial charge in [-0.05, 0) is 50.3 Å². The minimum atomic E-state index is -0.708. The number of anilines is 3. The van der Waals surface area contributed by atoms with Crippen LogP contribution in [0.15, 0.2) is 67.9 Å². The van der Waals surface area contributed by atoms with Crippen molar-refractivity contribution in [1.29, 1.82) is 0 Å². The third kappa shape index (κ3) is 4.97. The van der Waals surface area contributed by atoms with Gasteiger partial charge in [-0.1, -0.05) is 18.2 Å². The Morgan fingerprint density at radius 2 is 2.00 bits per heavy atom. The normalized spacial score (nSPS) is 14.8. The van der Waals surface area contributed by atoms with Crippen LogP contribution in [-0.4, -0.2) is 65.5 Å². The van der Waals surface area contributed by atoms with Crippen LogP contribution in [0.2, 0.25) is 5.02 Å². The summed E-state index contributed by atoms with van der Waals surface area (Å²) >= 11 is 6.37. The van der Waals surface area contributed by atoms with Gasteiger partial charge in [0.05, 0.1) is 16.7 Å². The quantitative estimate of drug-likeness (QED) is 0.280. The van der Waals surface area contributed by atoms with Crippen molar-refractivity contribution in [3.63, 3.8) is 0 Å². The Hall–Kier alpha value is -4.84. The van der Waals surface area contributed by atoms with E-state index in [1.54, 1.807) is 33.8 Å². The molecule has 0 saturated carbocycles. The van der Waals surface area contributed by atoms with Gasteiger partial charge in [-0.15, -0.1) is 0 Å². The van der Waals surface area contributed by atoms with Crippen molar-refractivity contribution in [2.75, 3.05) is 29.9 Å². The summed E-state index contributed by atoms with van der Waals surface area (Å²) in [4.78, 5) is 33.8. The number of aromatic nitrogens is 6. The Balaban J connectivity index is 1.26. The molecule has 1 saturated heterocycles. The standard InChI is InChI=1S/C28H25ClFN9O2/c1-4-23(40)38-12-11-37(14-28(38,2)3)21-8-6-19-26(36-21)27(33-15-31-19)35-18-5-7-20(24(29)25(18)30)41-17-9-10-39-22(13-17)32-16-34-39/h4-10,13,15-16H,1,11-12,14H2,2-3H3,(H,31,33,35). The van der Waals surface area contributed by atoms with Crippen LogP contribution < -0.4 is 15.0 Å². The molecule has 13 heteroatoms. The number of rotatable bonds is 6. The lowest BCUT2D eigenvalue weighted by molar-refractivity contribution is -0.131. The Morgan fingerprint density at radius 1 is 1.15 bits per heavy atom. The number of pyridine rings is 2. The van der Waals surface area contributed by atoms with Crippen LogP contribution in [0.25, 0.3) is 16.7 Å². The lowest BCUT2D eigenvalue weighted by Crippen LogP contribution is -2.61. The predicted molar refractivity (Wildman–Crippen MR) is 153 cm³/mol. The summed E-state index contributed by atoms with van der Waals surface area (Å²) in [6.07, 6.45) is 5.82. The summed E-state index contributed by atoms with van der Waals surface area (Å²) in [6, 6.07) is 10.1. The molecular weight excluding hydrogens is 549 g/mol. The number of halogens is 2. The van der Waals surface area contributed by atoms with Crippen LogP contribution in [0.5, 0.6) is 11.5 Å². The Labute approximate surface area is 239 Å². The molecule has 0 bridgehead atoms. The molecule has 5 aromatic rings. The minimum absolute atomic E-state index is 0.0974. The van der Waals surface area contributed by atoms with E-state index in [2.05, 4.69) is 36.8 Å². The van der Waals surface area contributed by atoms with Crippen molar-refractivity contribution in [2.24, 2.45) is 0 Å². The van der Waals surface area contributed by atoms with Crippen LogP contribution in [0.4, 0.5) is 21.7 Å². The van der Waals surface area contributed by atoms with E-state index in [1.807, 2.05) is 26.0 Å². The highest BCUT2D eigenvalue weighted by Crippen LogP contribution is 2.37. The number of ether oxygens (including phenoxy) is 1. The SMILES string of the molecule is C=CC(=O)N1CCN(c2ccc3ncnc(Nc4ccc(Oc5ccn6ncnc6c5)c(Cl)c4F)c3n2)CC1(C)C. The Morgan fingerprint density at radius 3 is 2.80 bits per heavy atom. The van der Waals surface area contributed by atoms with Crippen molar-refractivity contribution in [3.8, 4) is 11.5 Å². The van der Waals surface area contributed by atoms with Crippen LogP contribution >= 0.6 is 11.6 Å². The summed E-state index contributed by atoms with van der Waals surface area (Å²) < 4.78 is 22.8. The summed E-state index contributed by atoms with van der Waals surface area (Å²) in [7, 11) is 0. The summed E-state index contributed by atoms with van der Waals surface area (Å²) in [5.74, 6) is 0.778. The van der Waals surface area contributed by atoms with Gasteiger partial charge in [-0.2, -0.15) is 5.10 Å². The van der Waals surface area contributed by atoms with Crippen molar-refractivity contribution >= 4 is 51.5 Å². The number of hydrogen-bond acceptors (Lipinski definition) is 9. The number of carbonyl (C=O) groups is 1. The first-order valence-corrected chi connectivity index (χ1v) is 13.1. The van der Waals surface area contributed by atoms with Crippen LogP contribution in [-0.2, 0) is 4.79 Å². The van der Waals surface area contributed by atoms with Gasteiger partial charge in [0.1, 0.15) is 40.5 Å². The second kappa shape index (κ2) is 10.3. The number of nitrogens with zero attached hydrogens (tertiary/aromatic N) is 8. The molecule has 0 aliphatic carbocycles. The lowest BCUT2D eigenvalue weighted by atomic mass is 9.98. The first-order valence-electron chi connectivity index (χ1n) is 12.8. The predicted octanol–water partition coefficient (Wildman–Crippen LogP) is 5.01. The average molecular weight is 574 g/mol. The number of piperazine rings is 1. The van der Waals surface area contributed by atoms with E-state index in [1.165, 1.54) is 24.8 Å². The number of nitrogens with one attached hydrogen (secondary N) is 1. The fourth-order valence-corrected chi connectivity index (χ4v) is 5.09. The smallest absolute Gasteiger partial charge is 0.246 e. The molecule has 0 atom stereocenters. The Bertz CT molecular complexity index is 1810. The maximum atomic E-state index is 15.4. The number of benzene rings is 1. The number of amides is 1. The summed E-state index contributed by atoms with van der Waals surface area (Å²) in [6.45, 7) is 9.31. The van der Waals surface area contributed by atoms with Gasteiger partial charge in [0.15, 0.2) is 17.3 Å². The molecule has 5 heterocycles. The molecule has 1 aromatic carbocycles. The maximum absolute atomic E-state index is 15.4. The zero-order chi connectivity index (χ0) is 28.7. The molecule has 1 aliphatic heterocycles. The van der Waals surface area contributed by atoms with Crippen molar-refractivity contribution in [3.05, 3.63) is 78.7 Å². The van der Waals surface area contributed by atoms with E-state index < -0.39 is 11.4 Å². The van der Waals surface area contributed by atoms with Gasteiger partial charge in [-0.25, -0.2) is 28.8 Å². The van der Waals surface area contributed by atoms with Crippen molar-refractivity contribution in [1.82, 2.24) is 34.4 Å². The molecule has 1 aliphatic rings. The van der Waals surface area contributed by atoms with Gasteiger partial charge >= 0.3 is 0 Å². The van der Waals surface area contributed by atoms with E-state index >= 15 is 4.39 Å². The molecular formula is C28H25ClFN9O2. The monoisotopic (exact) mass is 573 g/mol. The zero-order valence-electron chi connectivity index (χ0n) is 22.3. The lowest BCUT2D eigenvalue weighted by Gasteiger charge is -2.47. The third-order valence-corrected chi connectivity index (χ3v) is 7.27. The molecule has 11 nitrogen and oxygen atoms in total. The van der Waals surface area contributed by atoms with Crippen LogP contribution in [0.1, 0.15) is 13.8 Å². The first kappa shape index (κ1) is 26.4. The molecule has 0 unspecified atom stereocenters. The second-order valence-electron chi connectivity index (χ2n) is 10.1. The topological polar surface area (TPSA) is 114 Å². The van der Waals surface area contributed by atoms with E-state index in [0.717, 1.165) is 0 Å². The summed E-state index contributed by atoms with van der Waals surface area (Å²) in [5, 5.41) is 6.86. The zero-order valence-corrected chi connectivity index (χ0v) is 23.0. The first-order chi connectivity index (χ1) is 19.7. The second-order valence-corrected chi connectivity index (χ2v) is 10.5. The number of carbonyl (C=O) groups excluding carboxylic acids is 1. The third-order valence-electron chi connectivity index (χ3n) is 6.91. The van der Waals surface area contributed by atoms with Gasteiger partial charge < -0.3 is 19.9 Å². The van der Waals surface area contributed by atoms with Crippen LogP contribution in [0, 0.1) is 5.82 Å². The largest absolute Gasteiger partial charge is 0.455 e. The molecule has 0 radical (unpaired) electrons. The highest BCUT2D eigenvalue weighted by Gasteiger charge is 2.36. The average Bonchev–Trinajstić information content (AvgIpc) is 3.44.